The zero-order valence-electron chi connectivity index (χ0n) is 14.6. The van der Waals surface area contributed by atoms with E-state index in [1.165, 1.54) is 20.3 Å². The number of anilines is 1. The van der Waals surface area contributed by atoms with Crippen LogP contribution in [0.5, 0.6) is 11.5 Å². The lowest BCUT2D eigenvalue weighted by atomic mass is 10.1. The van der Waals surface area contributed by atoms with Gasteiger partial charge >= 0.3 is 11.8 Å². The number of aryl methyl sites for hydroxylation is 1. The maximum atomic E-state index is 12.0. The van der Waals surface area contributed by atoms with Crippen molar-refractivity contribution in [3.8, 4) is 11.5 Å². The second-order valence-electron chi connectivity index (χ2n) is 5.24. The smallest absolute Gasteiger partial charge is 0.328 e. The maximum absolute atomic E-state index is 12.0. The highest BCUT2D eigenvalue weighted by Gasteiger charge is 2.17. The van der Waals surface area contributed by atoms with E-state index in [0.717, 1.165) is 5.56 Å². The number of amides is 3. The number of ether oxygens (including phenoxy) is 2. The Hall–Kier alpha value is -3.55. The number of hydrogen-bond donors (Lipinski definition) is 3. The lowest BCUT2D eigenvalue weighted by Crippen LogP contribution is -2.46. The molecule has 0 aromatic heterocycles. The van der Waals surface area contributed by atoms with Gasteiger partial charge < -0.3 is 14.8 Å². The lowest BCUT2D eigenvalue weighted by molar-refractivity contribution is -0.136. The van der Waals surface area contributed by atoms with Crippen molar-refractivity contribution >= 4 is 23.4 Å². The molecule has 0 aliphatic heterocycles. The highest BCUT2D eigenvalue weighted by atomic mass is 16.5. The van der Waals surface area contributed by atoms with Gasteiger partial charge in [0.2, 0.25) is 0 Å². The van der Waals surface area contributed by atoms with Gasteiger partial charge in [0.15, 0.2) is 0 Å². The highest BCUT2D eigenvalue weighted by molar-refractivity contribution is 6.39. The fourth-order valence-corrected chi connectivity index (χ4v) is 2.15. The molecular formula is C18H19N3O5. The highest BCUT2D eigenvalue weighted by Crippen LogP contribution is 2.28. The Labute approximate surface area is 150 Å². The van der Waals surface area contributed by atoms with Crippen molar-refractivity contribution in [3.05, 3.63) is 53.6 Å². The quantitative estimate of drug-likeness (QED) is 0.567. The topological polar surface area (TPSA) is 106 Å². The van der Waals surface area contributed by atoms with Gasteiger partial charge in [-0.25, -0.2) is 0 Å². The molecule has 0 aliphatic rings. The first-order valence-electron chi connectivity index (χ1n) is 7.65. The minimum atomic E-state index is -1.02. The van der Waals surface area contributed by atoms with Crippen LogP contribution in [0.25, 0.3) is 0 Å². The van der Waals surface area contributed by atoms with Gasteiger partial charge in [0.05, 0.1) is 19.9 Å². The van der Waals surface area contributed by atoms with Crippen LogP contribution < -0.4 is 25.6 Å². The lowest BCUT2D eigenvalue weighted by Gasteiger charge is -2.12. The summed E-state index contributed by atoms with van der Waals surface area (Å²) in [5, 5.41) is 2.40. The van der Waals surface area contributed by atoms with E-state index < -0.39 is 17.7 Å². The fourth-order valence-electron chi connectivity index (χ4n) is 2.15. The Morgan fingerprint density at radius 1 is 0.885 bits per heavy atom. The van der Waals surface area contributed by atoms with Crippen molar-refractivity contribution in [1.82, 2.24) is 10.9 Å². The van der Waals surface area contributed by atoms with Crippen molar-refractivity contribution in [2.45, 2.75) is 6.92 Å². The van der Waals surface area contributed by atoms with Crippen molar-refractivity contribution in [2.24, 2.45) is 0 Å². The third-order valence-electron chi connectivity index (χ3n) is 3.54. The number of nitrogens with one attached hydrogen (secondary N) is 3. The van der Waals surface area contributed by atoms with E-state index in [9.17, 15) is 14.4 Å². The van der Waals surface area contributed by atoms with Gasteiger partial charge in [-0.05, 0) is 30.7 Å². The molecule has 0 radical (unpaired) electrons. The first kappa shape index (κ1) is 18.8. The molecule has 8 nitrogen and oxygen atoms in total. The van der Waals surface area contributed by atoms with Gasteiger partial charge in [-0.1, -0.05) is 18.2 Å². The van der Waals surface area contributed by atoms with Crippen LogP contribution in [-0.2, 0) is 9.59 Å². The average Bonchev–Trinajstić information content (AvgIpc) is 2.66. The first-order chi connectivity index (χ1) is 12.5. The van der Waals surface area contributed by atoms with Gasteiger partial charge in [0.1, 0.15) is 11.5 Å². The Kier molecular flexibility index (Phi) is 6.15. The van der Waals surface area contributed by atoms with Crippen LogP contribution in [0.2, 0.25) is 0 Å². The van der Waals surface area contributed by atoms with Gasteiger partial charge in [-0.15, -0.1) is 0 Å². The number of carbonyl (C=O) groups is 3. The normalized spacial score (nSPS) is 9.81. The van der Waals surface area contributed by atoms with Gasteiger partial charge in [0.25, 0.3) is 5.91 Å². The molecule has 0 saturated heterocycles. The van der Waals surface area contributed by atoms with E-state index >= 15 is 0 Å². The predicted molar refractivity (Wildman–Crippen MR) is 95.0 cm³/mol. The SMILES string of the molecule is COc1ccc(NC(=O)C(=O)NNC(=O)c2ccccc2C)c(OC)c1. The van der Waals surface area contributed by atoms with E-state index in [-0.39, 0.29) is 0 Å². The standard InChI is InChI=1S/C18H19N3O5/c1-11-6-4-5-7-13(11)16(22)20-21-18(24)17(23)19-14-9-8-12(25-2)10-15(14)26-3/h4-10H,1-3H3,(H,19,23)(H,20,22)(H,21,24). The Morgan fingerprint density at radius 3 is 2.27 bits per heavy atom. The third kappa shape index (κ3) is 4.50. The van der Waals surface area contributed by atoms with Crippen molar-refractivity contribution in [2.75, 3.05) is 19.5 Å². The Bertz CT molecular complexity index is 835. The molecule has 8 heteroatoms. The van der Waals surface area contributed by atoms with Crippen LogP contribution in [0.4, 0.5) is 5.69 Å². The van der Waals surface area contributed by atoms with Gasteiger partial charge in [-0.2, -0.15) is 0 Å². The molecule has 2 aromatic carbocycles. The second kappa shape index (κ2) is 8.52. The summed E-state index contributed by atoms with van der Waals surface area (Å²) in [6.07, 6.45) is 0. The molecule has 3 N–H and O–H groups in total. The number of rotatable bonds is 4. The zero-order chi connectivity index (χ0) is 19.1. The second-order valence-corrected chi connectivity index (χ2v) is 5.24. The largest absolute Gasteiger partial charge is 0.497 e. The van der Waals surface area contributed by atoms with E-state index in [0.29, 0.717) is 22.7 Å². The molecule has 0 atom stereocenters. The molecule has 26 heavy (non-hydrogen) atoms. The van der Waals surface area contributed by atoms with E-state index in [1.807, 2.05) is 0 Å². The van der Waals surface area contributed by atoms with Crippen molar-refractivity contribution in [3.63, 3.8) is 0 Å². The van der Waals surface area contributed by atoms with Crippen LogP contribution in [0, 0.1) is 6.92 Å². The van der Waals surface area contributed by atoms with Crippen LogP contribution >= 0.6 is 0 Å². The summed E-state index contributed by atoms with van der Waals surface area (Å²) in [7, 11) is 2.92. The first-order valence-corrected chi connectivity index (χ1v) is 7.65. The van der Waals surface area contributed by atoms with E-state index in [2.05, 4.69) is 16.2 Å². The summed E-state index contributed by atoms with van der Waals surface area (Å²) >= 11 is 0. The number of hydrazine groups is 1. The Balaban J connectivity index is 1.97. The zero-order valence-corrected chi connectivity index (χ0v) is 14.6. The van der Waals surface area contributed by atoms with Gasteiger partial charge in [0, 0.05) is 11.6 Å². The summed E-state index contributed by atoms with van der Waals surface area (Å²) in [6, 6.07) is 11.6. The molecule has 2 rings (SSSR count). The molecule has 2 aromatic rings. The maximum Gasteiger partial charge on any atom is 0.328 e. The third-order valence-corrected chi connectivity index (χ3v) is 3.54. The molecule has 3 amide bonds. The fraction of sp³-hybridized carbons (Fsp3) is 0.167. The predicted octanol–water partition coefficient (Wildman–Crippen LogP) is 1.41. The monoisotopic (exact) mass is 357 g/mol. The summed E-state index contributed by atoms with van der Waals surface area (Å²) < 4.78 is 10.2. The molecule has 0 saturated carbocycles. The number of benzene rings is 2. The minimum Gasteiger partial charge on any atom is -0.497 e. The molecular weight excluding hydrogens is 338 g/mol. The van der Waals surface area contributed by atoms with Crippen LogP contribution in [0.1, 0.15) is 15.9 Å². The van der Waals surface area contributed by atoms with Crippen molar-refractivity contribution in [1.29, 1.82) is 0 Å². The van der Waals surface area contributed by atoms with Crippen LogP contribution in [0.3, 0.4) is 0 Å². The average molecular weight is 357 g/mol. The number of methoxy groups -OCH3 is 2. The summed E-state index contributed by atoms with van der Waals surface area (Å²) in [4.78, 5) is 35.9. The summed E-state index contributed by atoms with van der Waals surface area (Å²) in [5.41, 5.74) is 5.70. The molecule has 0 bridgehead atoms. The Morgan fingerprint density at radius 2 is 1.62 bits per heavy atom. The number of hydrogen-bond acceptors (Lipinski definition) is 5. The van der Waals surface area contributed by atoms with E-state index in [4.69, 9.17) is 9.47 Å². The van der Waals surface area contributed by atoms with E-state index in [1.54, 1.807) is 43.3 Å². The molecule has 0 aliphatic carbocycles. The van der Waals surface area contributed by atoms with Gasteiger partial charge in [-0.3, -0.25) is 25.2 Å². The molecule has 0 spiro atoms. The number of carbonyl (C=O) groups excluding carboxylic acids is 3. The molecule has 136 valence electrons. The molecule has 0 heterocycles. The van der Waals surface area contributed by atoms with Crippen LogP contribution in [-0.4, -0.2) is 31.9 Å². The summed E-state index contributed by atoms with van der Waals surface area (Å²) in [5.74, 6) is -1.64. The molecule has 0 unspecified atom stereocenters. The van der Waals surface area contributed by atoms with Crippen molar-refractivity contribution < 1.29 is 23.9 Å². The minimum absolute atomic E-state index is 0.290. The molecule has 0 fully saturated rings. The summed E-state index contributed by atoms with van der Waals surface area (Å²) in [6.45, 7) is 1.76. The van der Waals surface area contributed by atoms with Crippen LogP contribution in [0.15, 0.2) is 42.5 Å².